The van der Waals surface area contributed by atoms with Gasteiger partial charge in [-0.05, 0) is 28.1 Å². The van der Waals surface area contributed by atoms with Crippen LogP contribution in [-0.4, -0.2) is 20.9 Å². The summed E-state index contributed by atoms with van der Waals surface area (Å²) < 4.78 is 0.850. The van der Waals surface area contributed by atoms with Crippen molar-refractivity contribution in [2.24, 2.45) is 5.73 Å². The molecule has 0 spiro atoms. The summed E-state index contributed by atoms with van der Waals surface area (Å²) in [5.74, 6) is -0.259. The minimum atomic E-state index is -0.655. The van der Waals surface area contributed by atoms with Gasteiger partial charge in [0.05, 0.1) is 5.56 Å². The van der Waals surface area contributed by atoms with E-state index in [2.05, 4.69) is 30.9 Å². The van der Waals surface area contributed by atoms with Gasteiger partial charge in [-0.2, -0.15) is 0 Å². The summed E-state index contributed by atoms with van der Waals surface area (Å²) in [6, 6.07) is 3.55. The van der Waals surface area contributed by atoms with Crippen molar-refractivity contribution in [2.75, 3.05) is 5.73 Å². The van der Waals surface area contributed by atoms with Gasteiger partial charge in [-0.25, -0.2) is 9.97 Å². The molecule has 2 rings (SSSR count). The van der Waals surface area contributed by atoms with Gasteiger partial charge in [-0.1, -0.05) is 0 Å². The van der Waals surface area contributed by atoms with Crippen molar-refractivity contribution < 1.29 is 4.79 Å². The quantitative estimate of drug-likeness (QED) is 0.858. The highest BCUT2D eigenvalue weighted by Crippen LogP contribution is 2.17. The Morgan fingerprint density at radius 2 is 2.00 bits per heavy atom. The topological polar surface area (TPSA) is 108 Å². The monoisotopic (exact) mass is 293 g/mol. The van der Waals surface area contributed by atoms with Crippen molar-refractivity contribution in [3.05, 3.63) is 34.6 Å². The first kappa shape index (κ1) is 11.5. The van der Waals surface area contributed by atoms with E-state index in [0.717, 1.165) is 4.47 Å². The van der Waals surface area contributed by atoms with Crippen LogP contribution in [0, 0.1) is 0 Å². The molecule has 1 amide bonds. The van der Waals surface area contributed by atoms with E-state index in [1.807, 2.05) is 6.07 Å². The van der Waals surface area contributed by atoms with E-state index in [1.165, 1.54) is 6.20 Å². The fourth-order valence-electron chi connectivity index (χ4n) is 1.22. The molecule has 2 aromatic heterocycles. The number of amides is 1. The zero-order chi connectivity index (χ0) is 12.4. The maximum Gasteiger partial charge on any atom is 0.254 e. The van der Waals surface area contributed by atoms with Gasteiger partial charge in [0, 0.05) is 16.9 Å². The molecule has 0 bridgehead atoms. The third-order valence-electron chi connectivity index (χ3n) is 2.04. The van der Waals surface area contributed by atoms with Gasteiger partial charge in [0.15, 0.2) is 5.82 Å². The molecule has 17 heavy (non-hydrogen) atoms. The Morgan fingerprint density at radius 3 is 2.53 bits per heavy atom. The Hall–Kier alpha value is -2.02. The number of carbonyl (C=O) groups is 1. The molecular weight excluding hydrogens is 286 g/mol. The lowest BCUT2D eigenvalue weighted by atomic mass is 10.3. The first-order valence-electron chi connectivity index (χ1n) is 4.62. The smallest absolute Gasteiger partial charge is 0.254 e. The van der Waals surface area contributed by atoms with Crippen molar-refractivity contribution in [3.63, 3.8) is 0 Å². The Morgan fingerprint density at radius 1 is 1.24 bits per heavy atom. The number of nitrogen functional groups attached to an aromatic ring is 1. The molecule has 0 aliphatic rings. The number of primary amides is 1. The van der Waals surface area contributed by atoms with E-state index in [9.17, 15) is 4.79 Å². The molecule has 0 saturated heterocycles. The van der Waals surface area contributed by atoms with Crippen LogP contribution < -0.4 is 11.5 Å². The SMILES string of the molecule is NC(=O)c1cnc(-c2ccc(Br)cn2)nc1N. The van der Waals surface area contributed by atoms with Crippen LogP contribution in [0.4, 0.5) is 5.82 Å². The van der Waals surface area contributed by atoms with Crippen molar-refractivity contribution in [1.29, 1.82) is 0 Å². The van der Waals surface area contributed by atoms with Crippen molar-refractivity contribution in [2.45, 2.75) is 0 Å². The number of halogens is 1. The fraction of sp³-hybridized carbons (Fsp3) is 0. The van der Waals surface area contributed by atoms with Gasteiger partial charge in [0.25, 0.3) is 5.91 Å². The van der Waals surface area contributed by atoms with Crippen LogP contribution in [0.5, 0.6) is 0 Å². The minimum absolute atomic E-state index is 0.0484. The second-order valence-corrected chi connectivity index (χ2v) is 4.13. The molecule has 4 N–H and O–H groups in total. The summed E-state index contributed by atoms with van der Waals surface area (Å²) in [7, 11) is 0. The summed E-state index contributed by atoms with van der Waals surface area (Å²) in [5.41, 5.74) is 11.4. The minimum Gasteiger partial charge on any atom is -0.383 e. The van der Waals surface area contributed by atoms with Crippen molar-refractivity contribution in [3.8, 4) is 11.5 Å². The van der Waals surface area contributed by atoms with E-state index < -0.39 is 5.91 Å². The van der Waals surface area contributed by atoms with Crippen LogP contribution >= 0.6 is 15.9 Å². The van der Waals surface area contributed by atoms with Crippen LogP contribution in [0.1, 0.15) is 10.4 Å². The Kier molecular flexibility index (Phi) is 3.01. The highest BCUT2D eigenvalue weighted by atomic mass is 79.9. The molecule has 2 heterocycles. The number of nitrogens with zero attached hydrogens (tertiary/aromatic N) is 3. The first-order chi connectivity index (χ1) is 8.08. The van der Waals surface area contributed by atoms with Crippen LogP contribution in [-0.2, 0) is 0 Å². The van der Waals surface area contributed by atoms with Gasteiger partial charge in [-0.3, -0.25) is 9.78 Å². The molecule has 0 atom stereocenters. The van der Waals surface area contributed by atoms with Crippen molar-refractivity contribution >= 4 is 27.7 Å². The molecule has 0 saturated carbocycles. The van der Waals surface area contributed by atoms with E-state index in [4.69, 9.17) is 11.5 Å². The average Bonchev–Trinajstić information content (AvgIpc) is 2.29. The van der Waals surface area contributed by atoms with E-state index in [-0.39, 0.29) is 11.4 Å². The van der Waals surface area contributed by atoms with E-state index in [0.29, 0.717) is 11.5 Å². The number of nitrogens with two attached hydrogens (primary N) is 2. The van der Waals surface area contributed by atoms with Gasteiger partial charge >= 0.3 is 0 Å². The summed E-state index contributed by atoms with van der Waals surface area (Å²) in [4.78, 5) is 23.0. The number of aromatic nitrogens is 3. The molecule has 0 aliphatic heterocycles. The number of pyridine rings is 1. The summed E-state index contributed by atoms with van der Waals surface area (Å²) in [5, 5.41) is 0. The number of rotatable bonds is 2. The normalized spacial score (nSPS) is 10.2. The van der Waals surface area contributed by atoms with Gasteiger partial charge in [0.1, 0.15) is 11.5 Å². The molecule has 2 aromatic rings. The fourth-order valence-corrected chi connectivity index (χ4v) is 1.45. The molecule has 0 fully saturated rings. The molecule has 6 nitrogen and oxygen atoms in total. The highest BCUT2D eigenvalue weighted by molar-refractivity contribution is 9.10. The number of carbonyl (C=O) groups excluding carboxylic acids is 1. The van der Waals surface area contributed by atoms with E-state index >= 15 is 0 Å². The Bertz CT molecular complexity index is 569. The summed E-state index contributed by atoms with van der Waals surface area (Å²) in [6.07, 6.45) is 2.92. The average molecular weight is 294 g/mol. The Labute approximate surface area is 105 Å². The molecule has 0 aliphatic carbocycles. The Balaban J connectivity index is 2.44. The highest BCUT2D eigenvalue weighted by Gasteiger charge is 2.10. The maximum atomic E-state index is 11.0. The van der Waals surface area contributed by atoms with Gasteiger partial charge in [0.2, 0.25) is 0 Å². The lowest BCUT2D eigenvalue weighted by molar-refractivity contribution is 0.100. The summed E-state index contributed by atoms with van der Waals surface area (Å²) in [6.45, 7) is 0. The molecule has 86 valence electrons. The molecule has 7 heteroatoms. The molecular formula is C10H8BrN5O. The zero-order valence-electron chi connectivity index (χ0n) is 8.59. The molecule has 0 radical (unpaired) electrons. The zero-order valence-corrected chi connectivity index (χ0v) is 10.2. The number of hydrogen-bond donors (Lipinski definition) is 2. The largest absolute Gasteiger partial charge is 0.383 e. The second-order valence-electron chi connectivity index (χ2n) is 3.22. The lowest BCUT2D eigenvalue weighted by Gasteiger charge is -2.03. The van der Waals surface area contributed by atoms with Crippen LogP contribution in [0.25, 0.3) is 11.5 Å². The van der Waals surface area contributed by atoms with Gasteiger partial charge < -0.3 is 11.5 Å². The molecule has 0 aromatic carbocycles. The van der Waals surface area contributed by atoms with Crippen molar-refractivity contribution in [1.82, 2.24) is 15.0 Å². The van der Waals surface area contributed by atoms with Crippen LogP contribution in [0.15, 0.2) is 29.0 Å². The number of hydrogen-bond acceptors (Lipinski definition) is 5. The van der Waals surface area contributed by atoms with E-state index in [1.54, 1.807) is 12.3 Å². The predicted octanol–water partition coefficient (Wildman–Crippen LogP) is 0.982. The second kappa shape index (κ2) is 4.46. The summed E-state index contributed by atoms with van der Waals surface area (Å²) >= 11 is 3.27. The van der Waals surface area contributed by atoms with Crippen LogP contribution in [0.2, 0.25) is 0 Å². The van der Waals surface area contributed by atoms with Crippen LogP contribution in [0.3, 0.4) is 0 Å². The molecule has 0 unspecified atom stereocenters. The number of anilines is 1. The van der Waals surface area contributed by atoms with Gasteiger partial charge in [-0.15, -0.1) is 0 Å². The predicted molar refractivity (Wildman–Crippen MR) is 65.9 cm³/mol. The maximum absolute atomic E-state index is 11.0. The third-order valence-corrected chi connectivity index (χ3v) is 2.51. The third kappa shape index (κ3) is 2.39. The standard InChI is InChI=1S/C10H8BrN5O/c11-5-1-2-7(14-3-5)10-15-4-6(9(13)17)8(12)16-10/h1-4H,(H2,13,17)(H2,12,15,16). The lowest BCUT2D eigenvalue weighted by Crippen LogP contribution is -2.15. The first-order valence-corrected chi connectivity index (χ1v) is 5.41.